The molecular formula is C12H17N5O2S. The predicted molar refractivity (Wildman–Crippen MR) is 75.9 cm³/mol. The Balaban J connectivity index is 2.06. The van der Waals surface area contributed by atoms with Crippen LogP contribution >= 0.6 is 0 Å². The molecular weight excluding hydrogens is 278 g/mol. The van der Waals surface area contributed by atoms with Crippen molar-refractivity contribution in [1.82, 2.24) is 19.9 Å². The van der Waals surface area contributed by atoms with Crippen LogP contribution in [0.25, 0.3) is 0 Å². The Morgan fingerprint density at radius 2 is 2.10 bits per heavy atom. The molecule has 0 aliphatic rings. The number of hydrogen-bond donors (Lipinski definition) is 3. The molecule has 1 aromatic heterocycles. The number of nitrogens with one attached hydrogen (secondary N) is 3. The summed E-state index contributed by atoms with van der Waals surface area (Å²) in [5.41, 5.74) is 0.599. The van der Waals surface area contributed by atoms with Crippen molar-refractivity contribution in [2.45, 2.75) is 18.2 Å². The Labute approximate surface area is 117 Å². The lowest BCUT2D eigenvalue weighted by molar-refractivity contribution is 0.581. The second-order valence-electron chi connectivity index (χ2n) is 4.11. The average molecular weight is 295 g/mol. The molecule has 1 aromatic carbocycles. The fourth-order valence-corrected chi connectivity index (χ4v) is 2.98. The zero-order valence-corrected chi connectivity index (χ0v) is 11.9. The standard InChI is InChI=1S/C12H17N5O2S/c1-2-13-10-5-3-4-6-11(10)20(18,19)16-8-7-12-14-9-15-17-12/h3-6,9,13,16H,2,7-8H2,1H3,(H,14,15,17). The van der Waals surface area contributed by atoms with E-state index >= 15 is 0 Å². The maximum absolute atomic E-state index is 12.3. The third-order valence-corrected chi connectivity index (χ3v) is 4.18. The summed E-state index contributed by atoms with van der Waals surface area (Å²) < 4.78 is 27.1. The van der Waals surface area contributed by atoms with E-state index in [1.165, 1.54) is 6.33 Å². The molecule has 0 aliphatic carbocycles. The van der Waals surface area contributed by atoms with E-state index in [9.17, 15) is 8.42 Å². The minimum atomic E-state index is -3.54. The number of sulfonamides is 1. The van der Waals surface area contributed by atoms with Crippen LogP contribution in [0, 0.1) is 0 Å². The first-order valence-electron chi connectivity index (χ1n) is 6.30. The summed E-state index contributed by atoms with van der Waals surface area (Å²) in [6.45, 7) is 2.84. The number of rotatable bonds is 7. The summed E-state index contributed by atoms with van der Waals surface area (Å²) in [4.78, 5) is 4.19. The second-order valence-corrected chi connectivity index (χ2v) is 5.84. The maximum Gasteiger partial charge on any atom is 0.242 e. The van der Waals surface area contributed by atoms with Gasteiger partial charge in [0.1, 0.15) is 17.0 Å². The van der Waals surface area contributed by atoms with Gasteiger partial charge in [-0.2, -0.15) is 5.10 Å². The molecule has 7 nitrogen and oxygen atoms in total. The van der Waals surface area contributed by atoms with E-state index in [2.05, 4.69) is 25.2 Å². The maximum atomic E-state index is 12.3. The van der Waals surface area contributed by atoms with Crippen LogP contribution in [0.2, 0.25) is 0 Å². The van der Waals surface area contributed by atoms with Crippen molar-refractivity contribution in [2.24, 2.45) is 0 Å². The van der Waals surface area contributed by atoms with Crippen molar-refractivity contribution in [2.75, 3.05) is 18.4 Å². The highest BCUT2D eigenvalue weighted by Crippen LogP contribution is 2.20. The quantitative estimate of drug-likeness (QED) is 0.700. The molecule has 8 heteroatoms. The van der Waals surface area contributed by atoms with Gasteiger partial charge in [-0.15, -0.1) is 0 Å². The number of benzene rings is 1. The summed E-state index contributed by atoms with van der Waals surface area (Å²) in [6.07, 6.45) is 1.85. The molecule has 2 rings (SSSR count). The molecule has 108 valence electrons. The summed E-state index contributed by atoms with van der Waals surface area (Å²) in [6, 6.07) is 6.82. The number of nitrogens with zero attached hydrogens (tertiary/aromatic N) is 2. The Hall–Kier alpha value is -1.93. The number of aromatic nitrogens is 3. The Morgan fingerprint density at radius 1 is 1.30 bits per heavy atom. The smallest absolute Gasteiger partial charge is 0.242 e. The normalized spacial score (nSPS) is 11.4. The van der Waals surface area contributed by atoms with Crippen LogP contribution < -0.4 is 10.0 Å². The number of hydrogen-bond acceptors (Lipinski definition) is 5. The van der Waals surface area contributed by atoms with Gasteiger partial charge >= 0.3 is 0 Å². The number of anilines is 1. The van der Waals surface area contributed by atoms with Crippen LogP contribution in [-0.2, 0) is 16.4 Å². The fraction of sp³-hybridized carbons (Fsp3) is 0.333. The molecule has 0 bridgehead atoms. The number of aromatic amines is 1. The molecule has 3 N–H and O–H groups in total. The molecule has 0 unspecified atom stereocenters. The molecule has 0 radical (unpaired) electrons. The molecule has 0 fully saturated rings. The lowest BCUT2D eigenvalue weighted by atomic mass is 10.3. The van der Waals surface area contributed by atoms with Crippen LogP contribution in [-0.4, -0.2) is 36.7 Å². The van der Waals surface area contributed by atoms with E-state index in [0.29, 0.717) is 24.5 Å². The van der Waals surface area contributed by atoms with Gasteiger partial charge in [-0.3, -0.25) is 5.10 Å². The fourth-order valence-electron chi connectivity index (χ4n) is 1.77. The van der Waals surface area contributed by atoms with E-state index < -0.39 is 10.0 Å². The summed E-state index contributed by atoms with van der Waals surface area (Å²) in [5, 5.41) is 9.44. The number of H-pyrrole nitrogens is 1. The number of para-hydroxylation sites is 1. The molecule has 20 heavy (non-hydrogen) atoms. The first-order chi connectivity index (χ1) is 9.63. The van der Waals surface area contributed by atoms with E-state index in [0.717, 1.165) is 0 Å². The molecule has 0 atom stereocenters. The van der Waals surface area contributed by atoms with E-state index in [1.54, 1.807) is 24.3 Å². The highest BCUT2D eigenvalue weighted by atomic mass is 32.2. The monoisotopic (exact) mass is 295 g/mol. The van der Waals surface area contributed by atoms with Crippen molar-refractivity contribution in [3.8, 4) is 0 Å². The molecule has 2 aromatic rings. The van der Waals surface area contributed by atoms with Crippen LogP contribution in [0.3, 0.4) is 0 Å². The van der Waals surface area contributed by atoms with Gasteiger partial charge in [-0.05, 0) is 19.1 Å². The summed E-state index contributed by atoms with van der Waals surface area (Å²) >= 11 is 0. The minimum absolute atomic E-state index is 0.249. The van der Waals surface area contributed by atoms with Gasteiger partial charge in [0.2, 0.25) is 10.0 Å². The predicted octanol–water partition coefficient (Wildman–Crippen LogP) is 0.757. The summed E-state index contributed by atoms with van der Waals surface area (Å²) in [5.74, 6) is 0.646. The van der Waals surface area contributed by atoms with Gasteiger partial charge in [-0.1, -0.05) is 12.1 Å². The lowest BCUT2D eigenvalue weighted by Crippen LogP contribution is -2.27. The topological polar surface area (TPSA) is 99.8 Å². The van der Waals surface area contributed by atoms with Gasteiger partial charge in [0.05, 0.1) is 5.69 Å². The van der Waals surface area contributed by atoms with Crippen LogP contribution in [0.5, 0.6) is 0 Å². The van der Waals surface area contributed by atoms with Gasteiger partial charge in [0.25, 0.3) is 0 Å². The van der Waals surface area contributed by atoms with Crippen LogP contribution in [0.1, 0.15) is 12.7 Å². The zero-order valence-electron chi connectivity index (χ0n) is 11.1. The largest absolute Gasteiger partial charge is 0.384 e. The average Bonchev–Trinajstić information content (AvgIpc) is 2.92. The lowest BCUT2D eigenvalue weighted by Gasteiger charge is -2.11. The second kappa shape index (κ2) is 6.49. The van der Waals surface area contributed by atoms with E-state index in [1.807, 2.05) is 6.92 Å². The van der Waals surface area contributed by atoms with Gasteiger partial charge in [-0.25, -0.2) is 18.1 Å². The van der Waals surface area contributed by atoms with Crippen molar-refractivity contribution >= 4 is 15.7 Å². The third kappa shape index (κ3) is 3.55. The molecule has 0 spiro atoms. The van der Waals surface area contributed by atoms with E-state index in [-0.39, 0.29) is 11.4 Å². The zero-order chi connectivity index (χ0) is 14.4. The van der Waals surface area contributed by atoms with Crippen molar-refractivity contribution in [3.05, 3.63) is 36.4 Å². The SMILES string of the molecule is CCNc1ccccc1S(=O)(=O)NCCc1ncn[nH]1. The first-order valence-corrected chi connectivity index (χ1v) is 7.78. The molecule has 0 amide bonds. The molecule has 0 saturated heterocycles. The minimum Gasteiger partial charge on any atom is -0.384 e. The third-order valence-electron chi connectivity index (χ3n) is 2.66. The van der Waals surface area contributed by atoms with Crippen molar-refractivity contribution < 1.29 is 8.42 Å². The first kappa shape index (κ1) is 14.5. The van der Waals surface area contributed by atoms with Crippen LogP contribution in [0.4, 0.5) is 5.69 Å². The molecule has 0 saturated carbocycles. The highest BCUT2D eigenvalue weighted by Gasteiger charge is 2.17. The van der Waals surface area contributed by atoms with Gasteiger partial charge in [0, 0.05) is 19.5 Å². The van der Waals surface area contributed by atoms with Crippen molar-refractivity contribution in [1.29, 1.82) is 0 Å². The molecule has 1 heterocycles. The Kier molecular flexibility index (Phi) is 4.70. The van der Waals surface area contributed by atoms with Crippen molar-refractivity contribution in [3.63, 3.8) is 0 Å². The summed E-state index contributed by atoms with van der Waals surface area (Å²) in [7, 11) is -3.54. The van der Waals surface area contributed by atoms with Crippen LogP contribution in [0.15, 0.2) is 35.5 Å². The molecule has 0 aliphatic heterocycles. The van der Waals surface area contributed by atoms with Gasteiger partial charge in [0.15, 0.2) is 0 Å². The Bertz CT molecular complexity index is 640. The van der Waals surface area contributed by atoms with Gasteiger partial charge < -0.3 is 5.32 Å². The Morgan fingerprint density at radius 3 is 2.80 bits per heavy atom. The van der Waals surface area contributed by atoms with E-state index in [4.69, 9.17) is 0 Å². The highest BCUT2D eigenvalue weighted by molar-refractivity contribution is 7.89.